The molecule has 2 N–H and O–H groups in total. The highest BCUT2D eigenvalue weighted by molar-refractivity contribution is 6.02. The van der Waals surface area contributed by atoms with E-state index in [1.54, 1.807) is 18.0 Å². The summed E-state index contributed by atoms with van der Waals surface area (Å²) in [5.74, 6) is -0.376. The van der Waals surface area contributed by atoms with Crippen LogP contribution in [-0.2, 0) is 27.5 Å². The van der Waals surface area contributed by atoms with Gasteiger partial charge in [-0.3, -0.25) is 4.98 Å². The normalized spacial score (nSPS) is 24.3. The van der Waals surface area contributed by atoms with Crippen LogP contribution < -0.4 is 9.47 Å². The van der Waals surface area contributed by atoms with Gasteiger partial charge in [-0.05, 0) is 92.8 Å². The van der Waals surface area contributed by atoms with Crippen LogP contribution in [0.15, 0.2) is 96.2 Å². The van der Waals surface area contributed by atoms with E-state index < -0.39 is 23.8 Å². The van der Waals surface area contributed by atoms with Crippen LogP contribution in [-0.4, -0.2) is 77.2 Å². The number of nitrogens with zero attached hydrogens (tertiary/aromatic N) is 3. The molecule has 56 heavy (non-hydrogen) atoms. The lowest BCUT2D eigenvalue weighted by Gasteiger charge is -2.59. The first kappa shape index (κ1) is 40.9. The molecule has 2 aromatic carbocycles. The van der Waals surface area contributed by atoms with Crippen molar-refractivity contribution < 1.29 is 38.8 Å². The third-order valence-electron chi connectivity index (χ3n) is 11.2. The van der Waals surface area contributed by atoms with Crippen molar-refractivity contribution in [3.63, 3.8) is 0 Å². The Kier molecular flexibility index (Phi) is 14.2. The lowest BCUT2D eigenvalue weighted by molar-refractivity contribution is -0.253. The van der Waals surface area contributed by atoms with Gasteiger partial charge >= 0.3 is 6.09 Å². The number of amides is 1. The average molecular weight is 768 g/mol. The molecule has 1 aromatic heterocycles. The summed E-state index contributed by atoms with van der Waals surface area (Å²) in [5, 5.41) is 24.4. The van der Waals surface area contributed by atoms with Gasteiger partial charge in [-0.1, -0.05) is 66.5 Å². The molecule has 300 valence electrons. The number of pyridine rings is 1. The highest BCUT2D eigenvalue weighted by atomic mass is 16.7. The van der Waals surface area contributed by atoms with E-state index in [1.807, 2.05) is 74.5 Å². The number of benzene rings is 2. The van der Waals surface area contributed by atoms with Gasteiger partial charge in [0.05, 0.1) is 23.9 Å². The van der Waals surface area contributed by atoms with Crippen molar-refractivity contribution in [1.82, 2.24) is 9.88 Å². The number of rotatable bonds is 19. The summed E-state index contributed by atoms with van der Waals surface area (Å²) in [6.45, 7) is 9.05. The first-order chi connectivity index (χ1) is 27.3. The Morgan fingerprint density at radius 2 is 1.82 bits per heavy atom. The van der Waals surface area contributed by atoms with Crippen molar-refractivity contribution >= 4 is 11.8 Å². The molecule has 2 heterocycles. The number of carbonyl (C=O) groups is 1. The predicted molar refractivity (Wildman–Crippen MR) is 214 cm³/mol. The Morgan fingerprint density at radius 1 is 1.04 bits per heavy atom. The summed E-state index contributed by atoms with van der Waals surface area (Å²) in [6.07, 6.45) is 8.56. The molecule has 0 spiro atoms. The second-order valence-electron chi connectivity index (χ2n) is 14.9. The van der Waals surface area contributed by atoms with E-state index >= 15 is 0 Å². The Bertz CT molecular complexity index is 1830. The van der Waals surface area contributed by atoms with E-state index in [4.69, 9.17) is 28.9 Å². The standard InChI is InChI=1S/C45H57N3O8/c1-5-25-54-45-41(48(4)44(51)53-29-32-16-8-7-9-17-32)28-39(47-55-6-2)37-26-33(18-10-12-23-49)36(20-11-13-24-50)42(43(37)45)38-27-35(21-22-40(38)56-45)52-30-34-19-14-15-31(3)46-34/h5,7-9,14-17,19,21-22,26-27,33,36,41-43,49-50H,1,6,10-13,18,20,23-25,28-30H2,2-4H3. The van der Waals surface area contributed by atoms with Crippen molar-refractivity contribution in [3.8, 4) is 11.5 Å². The molecule has 3 aromatic rings. The number of unbranched alkanes of at least 4 members (excludes halogenated alkanes) is 2. The maximum atomic E-state index is 14.0. The average Bonchev–Trinajstić information content (AvgIpc) is 3.22. The van der Waals surface area contributed by atoms with Crippen LogP contribution in [0.2, 0.25) is 0 Å². The van der Waals surface area contributed by atoms with Crippen LogP contribution in [0.5, 0.6) is 11.5 Å². The minimum absolute atomic E-state index is 0.0967. The number of hydrogen-bond acceptors (Lipinski definition) is 10. The number of fused-ring (bicyclic) bond motifs is 2. The van der Waals surface area contributed by atoms with Crippen LogP contribution >= 0.6 is 0 Å². The molecule has 1 aliphatic heterocycles. The molecule has 1 amide bonds. The highest BCUT2D eigenvalue weighted by Crippen LogP contribution is 2.61. The second-order valence-corrected chi connectivity index (χ2v) is 14.9. The van der Waals surface area contributed by atoms with Gasteiger partial charge in [-0.2, -0.15) is 0 Å². The van der Waals surface area contributed by atoms with Gasteiger partial charge in [-0.15, -0.1) is 6.58 Å². The molecule has 11 heteroatoms. The van der Waals surface area contributed by atoms with E-state index in [9.17, 15) is 15.0 Å². The molecular formula is C45H57N3O8. The molecule has 0 saturated heterocycles. The number of ether oxygens (including phenoxy) is 4. The number of aromatic nitrogens is 1. The fraction of sp³-hybridized carbons (Fsp3) is 0.489. The molecular weight excluding hydrogens is 711 g/mol. The topological polar surface area (TPSA) is 132 Å². The van der Waals surface area contributed by atoms with Crippen LogP contribution in [0, 0.1) is 24.7 Å². The van der Waals surface area contributed by atoms with Gasteiger partial charge in [0, 0.05) is 43.9 Å². The predicted octanol–water partition coefficient (Wildman–Crippen LogP) is 7.89. The Morgan fingerprint density at radius 3 is 2.55 bits per heavy atom. The lowest BCUT2D eigenvalue weighted by atomic mass is 9.55. The second kappa shape index (κ2) is 19.4. The Hall–Kier alpha value is -4.71. The number of aliphatic hydroxyl groups excluding tert-OH is 2. The molecule has 6 unspecified atom stereocenters. The van der Waals surface area contributed by atoms with Gasteiger partial charge in [0.15, 0.2) is 0 Å². The van der Waals surface area contributed by atoms with Crippen molar-refractivity contribution in [2.75, 3.05) is 33.5 Å². The summed E-state index contributed by atoms with van der Waals surface area (Å²) in [4.78, 5) is 26.0. The Labute approximate surface area is 331 Å². The van der Waals surface area contributed by atoms with Crippen LogP contribution in [0.25, 0.3) is 0 Å². The number of likely N-dealkylation sites (N-methyl/N-ethyl adjacent to an activating group) is 1. The summed E-state index contributed by atoms with van der Waals surface area (Å²) in [6, 6.07) is 20.8. The van der Waals surface area contributed by atoms with Crippen LogP contribution in [0.1, 0.15) is 80.3 Å². The lowest BCUT2D eigenvalue weighted by Crippen LogP contribution is -2.69. The molecule has 2 aliphatic carbocycles. The highest BCUT2D eigenvalue weighted by Gasteiger charge is 2.65. The molecule has 0 radical (unpaired) electrons. The minimum atomic E-state index is -1.36. The van der Waals surface area contributed by atoms with Crippen LogP contribution in [0.4, 0.5) is 4.79 Å². The summed E-state index contributed by atoms with van der Waals surface area (Å²) < 4.78 is 26.4. The third kappa shape index (κ3) is 9.12. The van der Waals surface area contributed by atoms with Crippen molar-refractivity contribution in [1.29, 1.82) is 0 Å². The summed E-state index contributed by atoms with van der Waals surface area (Å²) in [5.41, 5.74) is 5.33. The fourth-order valence-corrected chi connectivity index (χ4v) is 8.75. The maximum absolute atomic E-state index is 14.0. The SMILES string of the molecule is C=CCOC12Oc3ccc(OCc4cccc(C)n4)cc3C3C(CCCCO)C(CCCCO)C=C(C(=NOCC)CC1N(C)C(=O)OCc1ccccc1)C32. The zero-order valence-electron chi connectivity index (χ0n) is 33.0. The Balaban J connectivity index is 1.49. The van der Waals surface area contributed by atoms with Crippen molar-refractivity contribution in [2.45, 2.75) is 89.8 Å². The van der Waals surface area contributed by atoms with E-state index in [0.29, 0.717) is 44.0 Å². The molecule has 0 bridgehead atoms. The zero-order chi connectivity index (χ0) is 39.5. The first-order valence-corrected chi connectivity index (χ1v) is 20.0. The summed E-state index contributed by atoms with van der Waals surface area (Å²) in [7, 11) is 1.73. The van der Waals surface area contributed by atoms with E-state index in [2.05, 4.69) is 23.7 Å². The number of carbonyl (C=O) groups excluding carboxylic acids is 1. The van der Waals surface area contributed by atoms with E-state index in [0.717, 1.165) is 59.5 Å². The largest absolute Gasteiger partial charge is 0.487 e. The molecule has 11 nitrogen and oxygen atoms in total. The number of hydrogen-bond donors (Lipinski definition) is 2. The van der Waals surface area contributed by atoms with Crippen LogP contribution in [0.3, 0.4) is 0 Å². The zero-order valence-corrected chi connectivity index (χ0v) is 33.0. The summed E-state index contributed by atoms with van der Waals surface area (Å²) >= 11 is 0. The first-order valence-electron chi connectivity index (χ1n) is 20.0. The minimum Gasteiger partial charge on any atom is -0.487 e. The molecule has 3 aliphatic rings. The fourth-order valence-electron chi connectivity index (χ4n) is 8.75. The quantitative estimate of drug-likeness (QED) is 0.0710. The van der Waals surface area contributed by atoms with Gasteiger partial charge in [0.2, 0.25) is 5.79 Å². The third-order valence-corrected chi connectivity index (χ3v) is 11.2. The molecule has 1 fully saturated rings. The number of oxime groups is 1. The number of aliphatic hydroxyl groups is 2. The van der Waals surface area contributed by atoms with Crippen molar-refractivity contribution in [3.05, 3.63) is 114 Å². The monoisotopic (exact) mass is 767 g/mol. The molecule has 6 rings (SSSR count). The van der Waals surface area contributed by atoms with E-state index in [1.165, 1.54) is 0 Å². The maximum Gasteiger partial charge on any atom is 0.410 e. The van der Waals surface area contributed by atoms with Gasteiger partial charge in [-0.25, -0.2) is 4.79 Å². The number of allylic oxidation sites excluding steroid dienone is 1. The van der Waals surface area contributed by atoms with Crippen molar-refractivity contribution in [2.24, 2.45) is 22.9 Å². The van der Waals surface area contributed by atoms with Gasteiger partial charge in [0.1, 0.15) is 37.4 Å². The smallest absolute Gasteiger partial charge is 0.410 e. The number of aryl methyl sites for hydroxylation is 1. The van der Waals surface area contributed by atoms with Gasteiger partial charge in [0.25, 0.3) is 0 Å². The molecule has 6 atom stereocenters. The van der Waals surface area contributed by atoms with Gasteiger partial charge < -0.3 is 38.9 Å². The van der Waals surface area contributed by atoms with E-state index in [-0.39, 0.29) is 44.2 Å². The molecule has 1 saturated carbocycles.